The smallest absolute Gasteiger partial charge is 0.235 e. The van der Waals surface area contributed by atoms with Crippen LogP contribution in [0.3, 0.4) is 0 Å². The number of hydrogen-bond acceptors (Lipinski definition) is 4. The number of aryl methyl sites for hydroxylation is 1. The molecule has 4 nitrogen and oxygen atoms in total. The average Bonchev–Trinajstić information content (AvgIpc) is 2.62. The SMILES string of the molecule is Cc1nc(CN(C)C(=O)C(C)Sc2ccccc2)nc2ccccc12. The molecule has 5 heteroatoms. The first kappa shape index (κ1) is 17.4. The maximum atomic E-state index is 12.6. The third-order valence-corrected chi connectivity index (χ3v) is 5.10. The van der Waals surface area contributed by atoms with Crippen LogP contribution in [0.4, 0.5) is 0 Å². The van der Waals surface area contributed by atoms with Crippen LogP contribution in [-0.2, 0) is 11.3 Å². The lowest BCUT2D eigenvalue weighted by atomic mass is 10.2. The van der Waals surface area contributed by atoms with Crippen LogP contribution in [0.25, 0.3) is 10.9 Å². The van der Waals surface area contributed by atoms with Crippen LogP contribution in [0.15, 0.2) is 59.5 Å². The van der Waals surface area contributed by atoms with E-state index in [1.807, 2.05) is 68.4 Å². The molecule has 1 heterocycles. The maximum Gasteiger partial charge on any atom is 0.235 e. The molecule has 0 saturated carbocycles. The quantitative estimate of drug-likeness (QED) is 0.650. The largest absolute Gasteiger partial charge is 0.337 e. The molecule has 128 valence electrons. The molecule has 0 fully saturated rings. The Morgan fingerprint density at radius 2 is 1.76 bits per heavy atom. The summed E-state index contributed by atoms with van der Waals surface area (Å²) in [6.07, 6.45) is 0. The van der Waals surface area contributed by atoms with Gasteiger partial charge in [-0.1, -0.05) is 36.4 Å². The van der Waals surface area contributed by atoms with Gasteiger partial charge in [0.1, 0.15) is 5.82 Å². The highest BCUT2D eigenvalue weighted by Crippen LogP contribution is 2.24. The number of hydrogen-bond donors (Lipinski definition) is 0. The Morgan fingerprint density at radius 1 is 1.08 bits per heavy atom. The Morgan fingerprint density at radius 3 is 2.52 bits per heavy atom. The highest BCUT2D eigenvalue weighted by molar-refractivity contribution is 8.00. The van der Waals surface area contributed by atoms with Crippen molar-refractivity contribution in [2.75, 3.05) is 7.05 Å². The van der Waals surface area contributed by atoms with E-state index in [-0.39, 0.29) is 11.2 Å². The van der Waals surface area contributed by atoms with E-state index >= 15 is 0 Å². The van der Waals surface area contributed by atoms with Crippen LogP contribution in [0.5, 0.6) is 0 Å². The Hall–Kier alpha value is -2.40. The van der Waals surface area contributed by atoms with Crippen molar-refractivity contribution < 1.29 is 4.79 Å². The Bertz CT molecular complexity index is 883. The predicted molar refractivity (Wildman–Crippen MR) is 103 cm³/mol. The number of carbonyl (C=O) groups is 1. The molecule has 3 rings (SSSR count). The van der Waals surface area contributed by atoms with Gasteiger partial charge in [-0.15, -0.1) is 11.8 Å². The fourth-order valence-electron chi connectivity index (χ4n) is 2.72. The standard InChI is InChI=1S/C20H21N3OS/c1-14-17-11-7-8-12-18(17)22-19(21-14)13-23(3)20(24)15(2)25-16-9-5-4-6-10-16/h4-12,15H,13H2,1-3H3. The summed E-state index contributed by atoms with van der Waals surface area (Å²) in [5.74, 6) is 0.743. The zero-order valence-corrected chi connectivity index (χ0v) is 15.5. The average molecular weight is 351 g/mol. The van der Waals surface area contributed by atoms with Crippen LogP contribution in [0.2, 0.25) is 0 Å². The van der Waals surface area contributed by atoms with E-state index in [9.17, 15) is 4.79 Å². The molecule has 0 aliphatic heterocycles. The van der Waals surface area contributed by atoms with Gasteiger partial charge in [0.05, 0.1) is 17.3 Å². The number of thioether (sulfide) groups is 1. The molecular formula is C20H21N3OS. The molecule has 0 radical (unpaired) electrons. The van der Waals surface area contributed by atoms with Gasteiger partial charge in [0.2, 0.25) is 5.91 Å². The Balaban J connectivity index is 1.71. The second kappa shape index (κ2) is 7.66. The molecule has 1 aromatic heterocycles. The molecule has 25 heavy (non-hydrogen) atoms. The van der Waals surface area contributed by atoms with E-state index in [0.717, 1.165) is 21.5 Å². The zero-order chi connectivity index (χ0) is 17.8. The second-order valence-electron chi connectivity index (χ2n) is 6.01. The van der Waals surface area contributed by atoms with E-state index < -0.39 is 0 Å². The molecular weight excluding hydrogens is 330 g/mol. The molecule has 0 aliphatic rings. The summed E-state index contributed by atoms with van der Waals surface area (Å²) in [6, 6.07) is 17.9. The normalized spacial score (nSPS) is 12.1. The van der Waals surface area contributed by atoms with Gasteiger partial charge in [0.15, 0.2) is 0 Å². The fourth-order valence-corrected chi connectivity index (χ4v) is 3.72. The minimum absolute atomic E-state index is 0.0725. The van der Waals surface area contributed by atoms with Gasteiger partial charge in [-0.05, 0) is 32.0 Å². The summed E-state index contributed by atoms with van der Waals surface area (Å²) in [4.78, 5) is 24.6. The van der Waals surface area contributed by atoms with Crippen LogP contribution in [-0.4, -0.2) is 33.1 Å². The highest BCUT2D eigenvalue weighted by atomic mass is 32.2. The zero-order valence-electron chi connectivity index (χ0n) is 14.6. The van der Waals surface area contributed by atoms with Crippen molar-refractivity contribution >= 4 is 28.6 Å². The first-order valence-electron chi connectivity index (χ1n) is 8.23. The second-order valence-corrected chi connectivity index (χ2v) is 7.42. The van der Waals surface area contributed by atoms with E-state index in [0.29, 0.717) is 12.4 Å². The Labute approximate surface area is 152 Å². The van der Waals surface area contributed by atoms with E-state index in [1.54, 1.807) is 23.7 Å². The predicted octanol–water partition coefficient (Wildman–Crippen LogP) is 4.08. The minimum atomic E-state index is -0.158. The number of rotatable bonds is 5. The topological polar surface area (TPSA) is 46.1 Å². The van der Waals surface area contributed by atoms with E-state index in [1.165, 1.54) is 0 Å². The first-order valence-corrected chi connectivity index (χ1v) is 9.11. The van der Waals surface area contributed by atoms with Gasteiger partial charge in [-0.2, -0.15) is 0 Å². The lowest BCUT2D eigenvalue weighted by molar-refractivity contribution is -0.129. The van der Waals surface area contributed by atoms with Crippen LogP contribution < -0.4 is 0 Å². The van der Waals surface area contributed by atoms with Gasteiger partial charge < -0.3 is 4.90 Å². The monoisotopic (exact) mass is 351 g/mol. The summed E-state index contributed by atoms with van der Waals surface area (Å²) in [5.41, 5.74) is 1.85. The number of amides is 1. The first-order chi connectivity index (χ1) is 12.0. The van der Waals surface area contributed by atoms with Crippen LogP contribution in [0, 0.1) is 6.92 Å². The summed E-state index contributed by atoms with van der Waals surface area (Å²) in [5, 5.41) is 0.891. The number of nitrogens with zero attached hydrogens (tertiary/aromatic N) is 3. The third kappa shape index (κ3) is 4.17. The van der Waals surface area contributed by atoms with Gasteiger partial charge in [0, 0.05) is 23.0 Å². The van der Waals surface area contributed by atoms with Gasteiger partial charge in [-0.3, -0.25) is 4.79 Å². The summed E-state index contributed by atoms with van der Waals surface area (Å²) in [7, 11) is 1.80. The molecule has 1 atom stereocenters. The molecule has 0 spiro atoms. The lowest BCUT2D eigenvalue weighted by Crippen LogP contribution is -2.33. The maximum absolute atomic E-state index is 12.6. The van der Waals surface area contributed by atoms with Crippen molar-refractivity contribution in [3.8, 4) is 0 Å². The molecule has 0 aliphatic carbocycles. The highest BCUT2D eigenvalue weighted by Gasteiger charge is 2.20. The number of aromatic nitrogens is 2. The van der Waals surface area contributed by atoms with Crippen molar-refractivity contribution in [1.29, 1.82) is 0 Å². The minimum Gasteiger partial charge on any atom is -0.337 e. The van der Waals surface area contributed by atoms with Crippen molar-refractivity contribution in [3.05, 3.63) is 66.1 Å². The molecule has 0 N–H and O–H groups in total. The molecule has 3 aromatic rings. The fraction of sp³-hybridized carbons (Fsp3) is 0.250. The third-order valence-electron chi connectivity index (χ3n) is 4.00. The number of carbonyl (C=O) groups excluding carboxylic acids is 1. The number of benzene rings is 2. The summed E-state index contributed by atoms with van der Waals surface area (Å²) in [6.45, 7) is 4.32. The summed E-state index contributed by atoms with van der Waals surface area (Å²) >= 11 is 1.56. The lowest BCUT2D eigenvalue weighted by Gasteiger charge is -2.20. The van der Waals surface area contributed by atoms with Crippen LogP contribution in [0.1, 0.15) is 18.4 Å². The van der Waals surface area contributed by atoms with Crippen LogP contribution >= 0.6 is 11.8 Å². The van der Waals surface area contributed by atoms with Crippen molar-refractivity contribution in [3.63, 3.8) is 0 Å². The molecule has 1 amide bonds. The molecule has 0 saturated heterocycles. The van der Waals surface area contributed by atoms with Gasteiger partial charge in [-0.25, -0.2) is 9.97 Å². The van der Waals surface area contributed by atoms with E-state index in [2.05, 4.69) is 9.97 Å². The number of para-hydroxylation sites is 1. The molecule has 1 unspecified atom stereocenters. The summed E-state index contributed by atoms with van der Waals surface area (Å²) < 4.78 is 0. The van der Waals surface area contributed by atoms with Gasteiger partial charge >= 0.3 is 0 Å². The van der Waals surface area contributed by atoms with Crippen molar-refractivity contribution in [2.24, 2.45) is 0 Å². The van der Waals surface area contributed by atoms with E-state index in [4.69, 9.17) is 0 Å². The van der Waals surface area contributed by atoms with Crippen molar-refractivity contribution in [1.82, 2.24) is 14.9 Å². The molecule has 2 aromatic carbocycles. The van der Waals surface area contributed by atoms with Crippen molar-refractivity contribution in [2.45, 2.75) is 30.5 Å². The van der Waals surface area contributed by atoms with Gasteiger partial charge in [0.25, 0.3) is 0 Å². The molecule has 0 bridgehead atoms. The number of fused-ring (bicyclic) bond motifs is 1. The Kier molecular flexibility index (Phi) is 5.34.